The zero-order valence-electron chi connectivity index (χ0n) is 8.47. The molecule has 4 heteroatoms. The summed E-state index contributed by atoms with van der Waals surface area (Å²) in [5, 5.41) is 9.45. The van der Waals surface area contributed by atoms with Gasteiger partial charge in [-0.05, 0) is 19.1 Å². The molecular weight excluding hydrogens is 192 g/mol. The molecule has 78 valence electrons. The molecule has 1 N–H and O–H groups in total. The molecule has 0 atom stereocenters. The monoisotopic (exact) mass is 204 g/mol. The summed E-state index contributed by atoms with van der Waals surface area (Å²) in [7, 11) is 0. The summed E-state index contributed by atoms with van der Waals surface area (Å²) in [6.45, 7) is 2.01. The van der Waals surface area contributed by atoms with E-state index >= 15 is 0 Å². The number of rotatable bonds is 2. The number of nitrogens with zero attached hydrogens (tertiary/aromatic N) is 2. The van der Waals surface area contributed by atoms with Gasteiger partial charge in [-0.15, -0.1) is 0 Å². The fourth-order valence-corrected chi connectivity index (χ4v) is 1.64. The standard InChI is InChI=1S/C11H12N2O2/c1-8-12-10-5-3-2-4-9(10)11(15)13(8)6-7-14/h2-5,14H,6-7H2,1H3. The van der Waals surface area contributed by atoms with Gasteiger partial charge in [-0.1, -0.05) is 12.1 Å². The first-order valence-corrected chi connectivity index (χ1v) is 4.81. The van der Waals surface area contributed by atoms with E-state index in [0.717, 1.165) is 0 Å². The van der Waals surface area contributed by atoms with Crippen molar-refractivity contribution >= 4 is 10.9 Å². The van der Waals surface area contributed by atoms with Crippen LogP contribution in [0.1, 0.15) is 5.82 Å². The Bertz CT molecular complexity index is 546. The van der Waals surface area contributed by atoms with Crippen molar-refractivity contribution in [2.24, 2.45) is 0 Å². The second-order valence-corrected chi connectivity index (χ2v) is 3.36. The number of hydrogen-bond donors (Lipinski definition) is 1. The number of aliphatic hydroxyl groups excluding tert-OH is 1. The number of benzene rings is 1. The molecule has 0 unspecified atom stereocenters. The molecule has 0 saturated heterocycles. The number of aryl methyl sites for hydroxylation is 1. The molecule has 0 fully saturated rings. The molecule has 1 aromatic heterocycles. The van der Waals surface area contributed by atoms with Crippen molar-refractivity contribution in [2.75, 3.05) is 6.61 Å². The van der Waals surface area contributed by atoms with Crippen LogP contribution in [0.25, 0.3) is 10.9 Å². The van der Waals surface area contributed by atoms with Crippen LogP contribution in [0.5, 0.6) is 0 Å². The van der Waals surface area contributed by atoms with E-state index in [2.05, 4.69) is 4.98 Å². The number of aliphatic hydroxyl groups is 1. The van der Waals surface area contributed by atoms with Crippen LogP contribution in [-0.2, 0) is 6.54 Å². The summed E-state index contributed by atoms with van der Waals surface area (Å²) in [5.74, 6) is 0.632. The maximum atomic E-state index is 12.0. The van der Waals surface area contributed by atoms with E-state index in [-0.39, 0.29) is 12.2 Å². The molecule has 2 aromatic rings. The molecule has 0 aliphatic carbocycles. The van der Waals surface area contributed by atoms with Crippen molar-refractivity contribution in [1.82, 2.24) is 9.55 Å². The third-order valence-electron chi connectivity index (χ3n) is 2.38. The van der Waals surface area contributed by atoms with Gasteiger partial charge in [-0.3, -0.25) is 9.36 Å². The predicted molar refractivity (Wildman–Crippen MR) is 57.8 cm³/mol. The van der Waals surface area contributed by atoms with Crippen molar-refractivity contribution in [2.45, 2.75) is 13.5 Å². The second-order valence-electron chi connectivity index (χ2n) is 3.36. The van der Waals surface area contributed by atoms with E-state index in [1.165, 1.54) is 4.57 Å². The maximum Gasteiger partial charge on any atom is 0.261 e. The van der Waals surface area contributed by atoms with Crippen LogP contribution in [0.2, 0.25) is 0 Å². The zero-order valence-corrected chi connectivity index (χ0v) is 8.47. The Hall–Kier alpha value is -1.68. The van der Waals surface area contributed by atoms with Gasteiger partial charge >= 0.3 is 0 Å². The lowest BCUT2D eigenvalue weighted by atomic mass is 10.2. The Kier molecular flexibility index (Phi) is 2.51. The number of para-hydroxylation sites is 1. The maximum absolute atomic E-state index is 12.0. The predicted octanol–water partition coefficient (Wildman–Crippen LogP) is 0.697. The van der Waals surface area contributed by atoms with E-state index in [0.29, 0.717) is 23.3 Å². The van der Waals surface area contributed by atoms with Gasteiger partial charge in [-0.25, -0.2) is 4.98 Å². The molecule has 0 radical (unpaired) electrons. The summed E-state index contributed by atoms with van der Waals surface area (Å²) in [4.78, 5) is 16.3. The number of hydrogen-bond acceptors (Lipinski definition) is 3. The number of aromatic nitrogens is 2. The molecule has 2 rings (SSSR count). The van der Waals surface area contributed by atoms with Gasteiger partial charge in [0.25, 0.3) is 5.56 Å². The first-order chi connectivity index (χ1) is 7.24. The highest BCUT2D eigenvalue weighted by Crippen LogP contribution is 2.06. The fraction of sp³-hybridized carbons (Fsp3) is 0.273. The minimum Gasteiger partial charge on any atom is -0.395 e. The number of fused-ring (bicyclic) bond motifs is 1. The average Bonchev–Trinajstić information content (AvgIpc) is 2.24. The summed E-state index contributed by atoms with van der Waals surface area (Å²) < 4.78 is 1.49. The molecular formula is C11H12N2O2. The molecule has 0 bridgehead atoms. The van der Waals surface area contributed by atoms with Crippen molar-refractivity contribution in [1.29, 1.82) is 0 Å². The van der Waals surface area contributed by atoms with Crippen LogP contribution in [-0.4, -0.2) is 21.3 Å². The quantitative estimate of drug-likeness (QED) is 0.783. The van der Waals surface area contributed by atoms with Gasteiger partial charge in [-0.2, -0.15) is 0 Å². The molecule has 0 aliphatic rings. The third-order valence-corrected chi connectivity index (χ3v) is 2.38. The van der Waals surface area contributed by atoms with E-state index < -0.39 is 0 Å². The highest BCUT2D eigenvalue weighted by Gasteiger charge is 2.06. The molecule has 15 heavy (non-hydrogen) atoms. The van der Waals surface area contributed by atoms with Gasteiger partial charge in [0.15, 0.2) is 0 Å². The Morgan fingerprint density at radius 1 is 1.40 bits per heavy atom. The van der Waals surface area contributed by atoms with Gasteiger partial charge in [0, 0.05) is 0 Å². The minimum absolute atomic E-state index is 0.0548. The van der Waals surface area contributed by atoms with E-state index in [1.54, 1.807) is 13.0 Å². The van der Waals surface area contributed by atoms with E-state index in [9.17, 15) is 4.79 Å². The summed E-state index contributed by atoms with van der Waals surface area (Å²) in [5.41, 5.74) is 0.612. The summed E-state index contributed by atoms with van der Waals surface area (Å²) >= 11 is 0. The summed E-state index contributed by atoms with van der Waals surface area (Å²) in [6, 6.07) is 7.22. The second kappa shape index (κ2) is 3.82. The SMILES string of the molecule is Cc1nc2ccccc2c(=O)n1CCO. The van der Waals surface area contributed by atoms with Crippen molar-refractivity contribution in [3.05, 3.63) is 40.4 Å². The van der Waals surface area contributed by atoms with Crippen LogP contribution in [0, 0.1) is 6.92 Å². The van der Waals surface area contributed by atoms with Gasteiger partial charge in [0.05, 0.1) is 24.1 Å². The first-order valence-electron chi connectivity index (χ1n) is 4.81. The highest BCUT2D eigenvalue weighted by atomic mass is 16.3. The molecule has 1 aromatic carbocycles. The average molecular weight is 204 g/mol. The lowest BCUT2D eigenvalue weighted by Crippen LogP contribution is -2.25. The first kappa shape index (κ1) is 9.86. The Morgan fingerprint density at radius 2 is 2.13 bits per heavy atom. The van der Waals surface area contributed by atoms with Gasteiger partial charge in [0.2, 0.25) is 0 Å². The van der Waals surface area contributed by atoms with Crippen molar-refractivity contribution in [3.8, 4) is 0 Å². The van der Waals surface area contributed by atoms with E-state index in [4.69, 9.17) is 5.11 Å². The van der Waals surface area contributed by atoms with Gasteiger partial charge < -0.3 is 5.11 Å². The highest BCUT2D eigenvalue weighted by molar-refractivity contribution is 5.77. The van der Waals surface area contributed by atoms with Gasteiger partial charge in [0.1, 0.15) is 5.82 Å². The molecule has 0 saturated carbocycles. The Morgan fingerprint density at radius 3 is 2.87 bits per heavy atom. The fourth-order valence-electron chi connectivity index (χ4n) is 1.64. The molecule has 0 amide bonds. The summed E-state index contributed by atoms with van der Waals surface area (Å²) in [6.07, 6.45) is 0. The van der Waals surface area contributed by atoms with Crippen LogP contribution in [0.4, 0.5) is 0 Å². The van der Waals surface area contributed by atoms with Crippen LogP contribution >= 0.6 is 0 Å². The lowest BCUT2D eigenvalue weighted by Gasteiger charge is -2.08. The molecule has 4 nitrogen and oxygen atoms in total. The molecule has 1 heterocycles. The van der Waals surface area contributed by atoms with Crippen LogP contribution < -0.4 is 5.56 Å². The van der Waals surface area contributed by atoms with Crippen molar-refractivity contribution in [3.63, 3.8) is 0 Å². The lowest BCUT2D eigenvalue weighted by molar-refractivity contribution is 0.272. The van der Waals surface area contributed by atoms with Crippen LogP contribution in [0.3, 0.4) is 0 Å². The minimum atomic E-state index is -0.0906. The van der Waals surface area contributed by atoms with Crippen LogP contribution in [0.15, 0.2) is 29.1 Å². The Labute approximate surface area is 86.8 Å². The Balaban J connectivity index is 2.78. The molecule has 0 spiro atoms. The zero-order chi connectivity index (χ0) is 10.8. The normalized spacial score (nSPS) is 10.8. The third kappa shape index (κ3) is 1.64. The van der Waals surface area contributed by atoms with Crippen molar-refractivity contribution < 1.29 is 5.11 Å². The topological polar surface area (TPSA) is 55.1 Å². The van der Waals surface area contributed by atoms with E-state index in [1.807, 2.05) is 18.2 Å². The molecule has 0 aliphatic heterocycles. The smallest absolute Gasteiger partial charge is 0.261 e. The largest absolute Gasteiger partial charge is 0.395 e.